The van der Waals surface area contributed by atoms with Gasteiger partial charge in [0, 0.05) is 29.5 Å². The molecule has 188 valence electrons. The van der Waals surface area contributed by atoms with Gasteiger partial charge in [0.05, 0.1) is 17.9 Å². The molecule has 0 bridgehead atoms. The van der Waals surface area contributed by atoms with Crippen LogP contribution in [0.3, 0.4) is 0 Å². The highest BCUT2D eigenvalue weighted by Crippen LogP contribution is 2.27. The second kappa shape index (κ2) is 12.9. The average Bonchev–Trinajstić information content (AvgIpc) is 3.18. The van der Waals surface area contributed by atoms with Crippen molar-refractivity contribution in [2.45, 2.75) is 85.5 Å². The van der Waals surface area contributed by atoms with E-state index in [0.717, 1.165) is 43.5 Å². The van der Waals surface area contributed by atoms with Crippen LogP contribution in [0.15, 0.2) is 30.3 Å². The number of amides is 2. The Hall–Kier alpha value is -2.34. The zero-order valence-electron chi connectivity index (χ0n) is 21.7. The highest BCUT2D eigenvalue weighted by Gasteiger charge is 2.23. The second-order valence-electron chi connectivity index (χ2n) is 10.4. The van der Waals surface area contributed by atoms with Crippen molar-refractivity contribution in [3.8, 4) is 5.69 Å². The minimum absolute atomic E-state index is 0.0377. The molecule has 0 saturated heterocycles. The summed E-state index contributed by atoms with van der Waals surface area (Å²) in [5, 5.41) is 8.38. The number of anilines is 1. The van der Waals surface area contributed by atoms with Crippen LogP contribution in [0.25, 0.3) is 5.69 Å². The van der Waals surface area contributed by atoms with Crippen LogP contribution in [0.1, 0.15) is 85.8 Å². The van der Waals surface area contributed by atoms with Gasteiger partial charge >= 0.3 is 0 Å². The van der Waals surface area contributed by atoms with Gasteiger partial charge in [-0.1, -0.05) is 72.4 Å². The first-order valence-corrected chi connectivity index (χ1v) is 12.8. The lowest BCUT2D eigenvalue weighted by Gasteiger charge is -2.23. The normalized spacial score (nSPS) is 11.6. The summed E-state index contributed by atoms with van der Waals surface area (Å²) < 4.78 is 1.72. The second-order valence-corrected chi connectivity index (χ2v) is 10.8. The summed E-state index contributed by atoms with van der Waals surface area (Å²) in [4.78, 5) is 27.7. The van der Waals surface area contributed by atoms with Crippen LogP contribution < -0.4 is 5.32 Å². The van der Waals surface area contributed by atoms with E-state index in [1.165, 1.54) is 0 Å². The lowest BCUT2D eigenvalue weighted by molar-refractivity contribution is -0.135. The van der Waals surface area contributed by atoms with E-state index in [9.17, 15) is 9.59 Å². The Balaban J connectivity index is 2.19. The molecule has 0 aliphatic heterocycles. The van der Waals surface area contributed by atoms with Crippen molar-refractivity contribution in [1.29, 1.82) is 0 Å². The maximum Gasteiger partial charge on any atom is 0.245 e. The van der Waals surface area contributed by atoms with E-state index in [-0.39, 0.29) is 23.8 Å². The van der Waals surface area contributed by atoms with Gasteiger partial charge in [0.2, 0.25) is 11.8 Å². The van der Waals surface area contributed by atoms with Crippen molar-refractivity contribution in [2.24, 2.45) is 5.92 Å². The zero-order valence-corrected chi connectivity index (χ0v) is 22.4. The number of hydrogen-bond donors (Lipinski definition) is 1. The standard InChI is InChI=1S/C27H41ClN4O2/c1-7-8-9-10-11-26(34)31(17-16-20(2)3)19-25(33)29-24-18-23(27(4,5)6)30-32(24)22-14-12-21(28)13-15-22/h12-15,18,20H,7-11,16-17,19H2,1-6H3,(H,29,33). The van der Waals surface area contributed by atoms with Gasteiger partial charge in [-0.25, -0.2) is 4.68 Å². The Bertz CT molecular complexity index is 929. The SMILES string of the molecule is CCCCCCC(=O)N(CCC(C)C)CC(=O)Nc1cc(C(C)(C)C)nn1-c1ccc(Cl)cc1. The molecule has 0 aliphatic carbocycles. The summed E-state index contributed by atoms with van der Waals surface area (Å²) in [5.41, 5.74) is 1.48. The lowest BCUT2D eigenvalue weighted by atomic mass is 9.92. The Morgan fingerprint density at radius 1 is 1.12 bits per heavy atom. The van der Waals surface area contributed by atoms with Crippen molar-refractivity contribution in [2.75, 3.05) is 18.4 Å². The van der Waals surface area contributed by atoms with Crippen molar-refractivity contribution in [1.82, 2.24) is 14.7 Å². The van der Waals surface area contributed by atoms with E-state index in [1.54, 1.807) is 21.7 Å². The predicted molar refractivity (Wildman–Crippen MR) is 141 cm³/mol. The number of halogens is 1. The first kappa shape index (κ1) is 27.9. The van der Waals surface area contributed by atoms with Crippen molar-refractivity contribution in [3.63, 3.8) is 0 Å². The van der Waals surface area contributed by atoms with E-state index < -0.39 is 0 Å². The average molecular weight is 489 g/mol. The summed E-state index contributed by atoms with van der Waals surface area (Å²) in [6, 6.07) is 9.23. The molecule has 0 fully saturated rings. The van der Waals surface area contributed by atoms with E-state index in [2.05, 4.69) is 46.9 Å². The Morgan fingerprint density at radius 2 is 1.79 bits per heavy atom. The number of rotatable bonds is 12. The zero-order chi connectivity index (χ0) is 25.3. The number of benzene rings is 1. The van der Waals surface area contributed by atoms with Crippen LogP contribution in [-0.2, 0) is 15.0 Å². The maximum absolute atomic E-state index is 13.1. The van der Waals surface area contributed by atoms with Gasteiger partial charge in [-0.05, 0) is 43.0 Å². The van der Waals surface area contributed by atoms with Gasteiger partial charge < -0.3 is 10.2 Å². The molecular weight excluding hydrogens is 448 g/mol. The number of aromatic nitrogens is 2. The fraction of sp³-hybridized carbons (Fsp3) is 0.593. The van der Waals surface area contributed by atoms with Crippen LogP contribution in [0.4, 0.5) is 5.82 Å². The highest BCUT2D eigenvalue weighted by molar-refractivity contribution is 6.30. The summed E-state index contributed by atoms with van der Waals surface area (Å²) in [7, 11) is 0. The highest BCUT2D eigenvalue weighted by atomic mass is 35.5. The van der Waals surface area contributed by atoms with Crippen molar-refractivity contribution >= 4 is 29.2 Å². The third-order valence-electron chi connectivity index (χ3n) is 5.72. The predicted octanol–water partition coefficient (Wildman–Crippen LogP) is 6.61. The maximum atomic E-state index is 13.1. The first-order valence-electron chi connectivity index (χ1n) is 12.4. The molecule has 1 heterocycles. The molecule has 1 aromatic heterocycles. The molecule has 0 spiro atoms. The van der Waals surface area contributed by atoms with Crippen molar-refractivity contribution in [3.05, 3.63) is 41.0 Å². The first-order chi connectivity index (χ1) is 16.0. The van der Waals surface area contributed by atoms with Gasteiger partial charge in [0.1, 0.15) is 5.82 Å². The third kappa shape index (κ3) is 8.79. The van der Waals surface area contributed by atoms with Crippen molar-refractivity contribution < 1.29 is 9.59 Å². The van der Waals surface area contributed by atoms with Crippen LogP contribution in [0, 0.1) is 5.92 Å². The largest absolute Gasteiger partial charge is 0.333 e. The molecule has 0 atom stereocenters. The van der Waals surface area contributed by atoms with Gasteiger partial charge in [-0.3, -0.25) is 9.59 Å². The minimum atomic E-state index is -0.221. The van der Waals surface area contributed by atoms with Crippen LogP contribution in [0.5, 0.6) is 0 Å². The molecule has 2 amide bonds. The molecule has 1 N–H and O–H groups in total. The third-order valence-corrected chi connectivity index (χ3v) is 5.98. The lowest BCUT2D eigenvalue weighted by Crippen LogP contribution is -2.39. The fourth-order valence-electron chi connectivity index (χ4n) is 3.54. The minimum Gasteiger partial charge on any atom is -0.333 e. The number of nitrogens with zero attached hydrogens (tertiary/aromatic N) is 3. The molecule has 0 saturated carbocycles. The number of nitrogens with one attached hydrogen (secondary N) is 1. The van der Waals surface area contributed by atoms with E-state index >= 15 is 0 Å². The molecular formula is C27H41ClN4O2. The summed E-state index contributed by atoms with van der Waals surface area (Å²) in [6.07, 6.45) is 5.52. The Labute approximate surface area is 210 Å². The molecule has 2 aromatic rings. The number of hydrogen-bond acceptors (Lipinski definition) is 3. The Morgan fingerprint density at radius 3 is 2.38 bits per heavy atom. The van der Waals surface area contributed by atoms with Gasteiger partial charge in [-0.2, -0.15) is 5.10 Å². The van der Waals surface area contributed by atoms with Crippen LogP contribution >= 0.6 is 11.6 Å². The number of carbonyl (C=O) groups is 2. The molecule has 2 rings (SSSR count). The van der Waals surface area contributed by atoms with Gasteiger partial charge in [0.25, 0.3) is 0 Å². The summed E-state index contributed by atoms with van der Waals surface area (Å²) >= 11 is 6.06. The van der Waals surface area contributed by atoms with Gasteiger partial charge in [0.15, 0.2) is 0 Å². The molecule has 0 aliphatic rings. The van der Waals surface area contributed by atoms with E-state index in [1.807, 2.05) is 18.2 Å². The van der Waals surface area contributed by atoms with E-state index in [4.69, 9.17) is 16.7 Å². The van der Waals surface area contributed by atoms with Crippen LogP contribution in [0.2, 0.25) is 5.02 Å². The number of carbonyl (C=O) groups excluding carboxylic acids is 2. The molecule has 1 aromatic carbocycles. The molecule has 0 radical (unpaired) electrons. The molecule has 0 unspecified atom stereocenters. The molecule has 7 heteroatoms. The monoisotopic (exact) mass is 488 g/mol. The number of unbranched alkanes of at least 4 members (excludes halogenated alkanes) is 3. The topological polar surface area (TPSA) is 67.2 Å². The fourth-order valence-corrected chi connectivity index (χ4v) is 3.66. The van der Waals surface area contributed by atoms with Crippen LogP contribution in [-0.4, -0.2) is 39.6 Å². The molecule has 6 nitrogen and oxygen atoms in total. The smallest absolute Gasteiger partial charge is 0.245 e. The quantitative estimate of drug-likeness (QED) is 0.342. The van der Waals surface area contributed by atoms with Gasteiger partial charge in [-0.15, -0.1) is 0 Å². The summed E-state index contributed by atoms with van der Waals surface area (Å²) in [6.45, 7) is 13.3. The summed E-state index contributed by atoms with van der Waals surface area (Å²) in [5.74, 6) is 0.866. The Kier molecular flexibility index (Phi) is 10.6. The molecule has 34 heavy (non-hydrogen) atoms. The van der Waals surface area contributed by atoms with E-state index in [0.29, 0.717) is 29.7 Å².